The topological polar surface area (TPSA) is 33.1 Å². The summed E-state index contributed by atoms with van der Waals surface area (Å²) in [6.07, 6.45) is 5.86. The molecular weight excluding hydrogens is 174 g/mol. The van der Waals surface area contributed by atoms with E-state index in [4.69, 9.17) is 6.42 Å². The van der Waals surface area contributed by atoms with Gasteiger partial charge in [-0.15, -0.1) is 6.42 Å². The van der Waals surface area contributed by atoms with Gasteiger partial charge in [-0.25, -0.2) is 0 Å². The molecule has 0 saturated heterocycles. The van der Waals surface area contributed by atoms with Crippen LogP contribution in [0, 0.1) is 12.3 Å². The molecule has 0 amide bonds. The quantitative estimate of drug-likeness (QED) is 0.685. The standard InChI is InChI=1S/C12H9NO/c1-2-12(14)10-7-9-5-3-4-6-11(9)13-8-10/h1,3-8,12,14H/t12-/m0/s1. The number of hydrogen-bond donors (Lipinski definition) is 1. The summed E-state index contributed by atoms with van der Waals surface area (Å²) in [7, 11) is 0. The van der Waals surface area contributed by atoms with Gasteiger partial charge >= 0.3 is 0 Å². The SMILES string of the molecule is C#C[C@H](O)c1cnc2ccccc2c1. The molecule has 0 fully saturated rings. The summed E-state index contributed by atoms with van der Waals surface area (Å²) in [6, 6.07) is 9.56. The molecule has 2 nitrogen and oxygen atoms in total. The second-order valence-electron chi connectivity index (χ2n) is 3.03. The molecule has 0 unspecified atom stereocenters. The third-order valence-corrected chi connectivity index (χ3v) is 2.09. The van der Waals surface area contributed by atoms with Gasteiger partial charge in [0.05, 0.1) is 5.52 Å². The Labute approximate surface area is 82.2 Å². The molecule has 0 aliphatic carbocycles. The van der Waals surface area contributed by atoms with Crippen LogP contribution in [0.1, 0.15) is 11.7 Å². The van der Waals surface area contributed by atoms with Gasteiger partial charge < -0.3 is 5.11 Å². The molecule has 0 radical (unpaired) electrons. The predicted molar refractivity (Wildman–Crippen MR) is 55.5 cm³/mol. The highest BCUT2D eigenvalue weighted by Gasteiger charge is 2.04. The zero-order valence-electron chi connectivity index (χ0n) is 7.51. The molecular formula is C12H9NO. The van der Waals surface area contributed by atoms with E-state index in [1.807, 2.05) is 30.3 Å². The Morgan fingerprint density at radius 1 is 1.36 bits per heavy atom. The Bertz CT molecular complexity index is 499. The summed E-state index contributed by atoms with van der Waals surface area (Å²) in [4.78, 5) is 4.19. The van der Waals surface area contributed by atoms with Crippen molar-refractivity contribution in [2.24, 2.45) is 0 Å². The van der Waals surface area contributed by atoms with Crippen LogP contribution in [0.2, 0.25) is 0 Å². The van der Waals surface area contributed by atoms with Crippen LogP contribution in [0.25, 0.3) is 10.9 Å². The number of aliphatic hydroxyl groups is 1. The normalized spacial score (nSPS) is 12.3. The summed E-state index contributed by atoms with van der Waals surface area (Å²) < 4.78 is 0. The van der Waals surface area contributed by atoms with Crippen molar-refractivity contribution in [3.63, 3.8) is 0 Å². The summed E-state index contributed by atoms with van der Waals surface area (Å²) in [5.41, 5.74) is 1.56. The van der Waals surface area contributed by atoms with Crippen molar-refractivity contribution in [3.8, 4) is 12.3 Å². The van der Waals surface area contributed by atoms with E-state index in [1.165, 1.54) is 0 Å². The summed E-state index contributed by atoms with van der Waals surface area (Å²) in [6.45, 7) is 0. The molecule has 0 aliphatic heterocycles. The van der Waals surface area contributed by atoms with E-state index in [0.29, 0.717) is 5.56 Å². The van der Waals surface area contributed by atoms with Crippen LogP contribution >= 0.6 is 0 Å². The van der Waals surface area contributed by atoms with E-state index >= 15 is 0 Å². The van der Waals surface area contributed by atoms with Crippen molar-refractivity contribution < 1.29 is 5.11 Å². The van der Waals surface area contributed by atoms with Gasteiger partial charge in [-0.2, -0.15) is 0 Å². The Kier molecular flexibility index (Phi) is 2.18. The molecule has 68 valence electrons. The number of para-hydroxylation sites is 1. The lowest BCUT2D eigenvalue weighted by Gasteiger charge is -2.04. The van der Waals surface area contributed by atoms with Gasteiger partial charge in [-0.3, -0.25) is 4.98 Å². The number of fused-ring (bicyclic) bond motifs is 1. The smallest absolute Gasteiger partial charge is 0.141 e. The largest absolute Gasteiger partial charge is 0.376 e. The minimum atomic E-state index is -0.868. The van der Waals surface area contributed by atoms with Gasteiger partial charge in [0.2, 0.25) is 0 Å². The number of terminal acetylenes is 1. The van der Waals surface area contributed by atoms with Crippen LogP contribution in [-0.2, 0) is 0 Å². The number of aliphatic hydroxyl groups excluding tert-OH is 1. The Hall–Kier alpha value is -1.85. The van der Waals surface area contributed by atoms with Crippen LogP contribution in [0.4, 0.5) is 0 Å². The first kappa shape index (κ1) is 8.74. The Morgan fingerprint density at radius 3 is 2.93 bits per heavy atom. The molecule has 0 saturated carbocycles. The highest BCUT2D eigenvalue weighted by molar-refractivity contribution is 5.78. The maximum atomic E-state index is 9.41. The number of pyridine rings is 1. The fraction of sp³-hybridized carbons (Fsp3) is 0.0833. The molecule has 1 heterocycles. The molecule has 2 rings (SSSR count). The van der Waals surface area contributed by atoms with Crippen LogP contribution in [-0.4, -0.2) is 10.1 Å². The van der Waals surface area contributed by atoms with Crippen LogP contribution in [0.15, 0.2) is 36.5 Å². The van der Waals surface area contributed by atoms with Gasteiger partial charge in [0.15, 0.2) is 0 Å². The highest BCUT2D eigenvalue weighted by atomic mass is 16.3. The summed E-state index contributed by atoms with van der Waals surface area (Å²) in [5, 5.41) is 10.4. The maximum absolute atomic E-state index is 9.41. The zero-order chi connectivity index (χ0) is 9.97. The number of nitrogens with zero attached hydrogens (tertiary/aromatic N) is 1. The van der Waals surface area contributed by atoms with E-state index in [1.54, 1.807) is 6.20 Å². The van der Waals surface area contributed by atoms with E-state index in [2.05, 4.69) is 10.9 Å². The van der Waals surface area contributed by atoms with Crippen molar-refractivity contribution in [2.45, 2.75) is 6.10 Å². The van der Waals surface area contributed by atoms with E-state index < -0.39 is 6.10 Å². The first-order chi connectivity index (χ1) is 6.81. The Morgan fingerprint density at radius 2 is 2.14 bits per heavy atom. The predicted octanol–water partition coefficient (Wildman–Crippen LogP) is 1.90. The van der Waals surface area contributed by atoms with Gasteiger partial charge in [-0.05, 0) is 12.1 Å². The number of hydrogen-bond acceptors (Lipinski definition) is 2. The number of benzene rings is 1. The van der Waals surface area contributed by atoms with Crippen molar-refractivity contribution in [1.29, 1.82) is 0 Å². The van der Waals surface area contributed by atoms with Crippen LogP contribution < -0.4 is 0 Å². The first-order valence-corrected chi connectivity index (χ1v) is 4.30. The van der Waals surface area contributed by atoms with Gasteiger partial charge in [0.25, 0.3) is 0 Å². The zero-order valence-corrected chi connectivity index (χ0v) is 7.51. The van der Waals surface area contributed by atoms with E-state index in [9.17, 15) is 5.11 Å². The molecule has 0 aliphatic rings. The lowest BCUT2D eigenvalue weighted by atomic mass is 10.1. The maximum Gasteiger partial charge on any atom is 0.141 e. The van der Waals surface area contributed by atoms with E-state index in [0.717, 1.165) is 10.9 Å². The third-order valence-electron chi connectivity index (χ3n) is 2.09. The summed E-state index contributed by atoms with van der Waals surface area (Å²) in [5.74, 6) is 2.26. The van der Waals surface area contributed by atoms with Gasteiger partial charge in [0, 0.05) is 17.1 Å². The molecule has 2 aromatic rings. The molecule has 1 aromatic carbocycles. The number of rotatable bonds is 1. The average molecular weight is 183 g/mol. The minimum Gasteiger partial charge on any atom is -0.376 e. The highest BCUT2D eigenvalue weighted by Crippen LogP contribution is 2.17. The second-order valence-corrected chi connectivity index (χ2v) is 3.03. The fourth-order valence-electron chi connectivity index (χ4n) is 1.33. The molecule has 1 N–H and O–H groups in total. The van der Waals surface area contributed by atoms with Crippen molar-refractivity contribution in [3.05, 3.63) is 42.1 Å². The molecule has 2 heteroatoms. The first-order valence-electron chi connectivity index (χ1n) is 4.30. The lowest BCUT2D eigenvalue weighted by molar-refractivity contribution is 0.238. The fourth-order valence-corrected chi connectivity index (χ4v) is 1.33. The lowest BCUT2D eigenvalue weighted by Crippen LogP contribution is -1.94. The van der Waals surface area contributed by atoms with Crippen molar-refractivity contribution in [1.82, 2.24) is 4.98 Å². The second kappa shape index (κ2) is 3.49. The Balaban J connectivity index is 2.58. The molecule has 0 spiro atoms. The average Bonchev–Trinajstić information content (AvgIpc) is 2.27. The monoisotopic (exact) mass is 183 g/mol. The van der Waals surface area contributed by atoms with E-state index in [-0.39, 0.29) is 0 Å². The molecule has 1 atom stereocenters. The molecule has 1 aromatic heterocycles. The van der Waals surface area contributed by atoms with Crippen LogP contribution in [0.3, 0.4) is 0 Å². The summed E-state index contributed by atoms with van der Waals surface area (Å²) >= 11 is 0. The van der Waals surface area contributed by atoms with Gasteiger partial charge in [0.1, 0.15) is 6.10 Å². The number of aromatic nitrogens is 1. The third kappa shape index (κ3) is 1.46. The molecule has 0 bridgehead atoms. The van der Waals surface area contributed by atoms with Crippen molar-refractivity contribution in [2.75, 3.05) is 0 Å². The van der Waals surface area contributed by atoms with Crippen LogP contribution in [0.5, 0.6) is 0 Å². The minimum absolute atomic E-state index is 0.659. The van der Waals surface area contributed by atoms with Gasteiger partial charge in [-0.1, -0.05) is 24.1 Å². The van der Waals surface area contributed by atoms with Crippen molar-refractivity contribution >= 4 is 10.9 Å². The molecule has 14 heavy (non-hydrogen) atoms.